The molecule has 1 atom stereocenters. The minimum Gasteiger partial charge on any atom is -0.505 e. The second kappa shape index (κ2) is 8.31. The number of benzene rings is 2. The number of aryl methyl sites for hydroxylation is 1. The summed E-state index contributed by atoms with van der Waals surface area (Å²) in [6, 6.07) is 11.5. The van der Waals surface area contributed by atoms with Gasteiger partial charge < -0.3 is 9.84 Å². The molecule has 1 N–H and O–H groups in total. The average molecular weight is 382 g/mol. The highest BCUT2D eigenvalue weighted by Gasteiger charge is 2.16. The number of phenols is 1. The first kappa shape index (κ1) is 20.3. The van der Waals surface area contributed by atoms with Crippen molar-refractivity contribution in [1.82, 2.24) is 15.0 Å². The van der Waals surface area contributed by atoms with Crippen LogP contribution < -0.4 is 0 Å². The fourth-order valence-electron chi connectivity index (χ4n) is 3.68. The Bertz CT molecular complexity index is 908. The summed E-state index contributed by atoms with van der Waals surface area (Å²) < 4.78 is 5.88. The molecule has 2 aromatic carbocycles. The van der Waals surface area contributed by atoms with Crippen molar-refractivity contribution in [2.75, 3.05) is 6.61 Å². The standard InChI is InChI=1S/C23H31N3O2/c1-16(14-23(3,4)5)10-11-28-15-18-12-17(2)13-21(22(18)27)26-24-19-8-6-7-9-20(19)25-26/h6-9,12-13,16,27H,10-11,14-15H2,1-5H3. The van der Waals surface area contributed by atoms with Crippen molar-refractivity contribution in [2.24, 2.45) is 11.3 Å². The average Bonchev–Trinajstić information content (AvgIpc) is 3.03. The summed E-state index contributed by atoms with van der Waals surface area (Å²) in [5.74, 6) is 0.788. The van der Waals surface area contributed by atoms with E-state index < -0.39 is 0 Å². The Labute approximate surface area is 167 Å². The molecule has 0 spiro atoms. The maximum Gasteiger partial charge on any atom is 0.148 e. The van der Waals surface area contributed by atoms with Gasteiger partial charge in [-0.15, -0.1) is 15.0 Å². The first-order chi connectivity index (χ1) is 13.2. The third kappa shape index (κ3) is 5.10. The molecule has 1 heterocycles. The molecule has 0 saturated carbocycles. The highest BCUT2D eigenvalue weighted by molar-refractivity contribution is 5.73. The summed E-state index contributed by atoms with van der Waals surface area (Å²) >= 11 is 0. The van der Waals surface area contributed by atoms with E-state index in [1.165, 1.54) is 11.2 Å². The van der Waals surface area contributed by atoms with Crippen LogP contribution in [0.3, 0.4) is 0 Å². The van der Waals surface area contributed by atoms with Gasteiger partial charge in [0, 0.05) is 12.2 Å². The molecular weight excluding hydrogens is 350 g/mol. The van der Waals surface area contributed by atoms with Gasteiger partial charge in [-0.2, -0.15) is 0 Å². The maximum atomic E-state index is 10.8. The number of nitrogens with zero attached hydrogens (tertiary/aromatic N) is 3. The summed E-state index contributed by atoms with van der Waals surface area (Å²) in [6.45, 7) is 12.1. The quantitative estimate of drug-likeness (QED) is 0.556. The van der Waals surface area contributed by atoms with Gasteiger partial charge in [-0.3, -0.25) is 0 Å². The third-order valence-corrected chi connectivity index (χ3v) is 4.79. The smallest absolute Gasteiger partial charge is 0.148 e. The Hall–Kier alpha value is -2.40. The lowest BCUT2D eigenvalue weighted by Gasteiger charge is -2.23. The lowest BCUT2D eigenvalue weighted by molar-refractivity contribution is 0.102. The van der Waals surface area contributed by atoms with Crippen molar-refractivity contribution in [3.63, 3.8) is 0 Å². The monoisotopic (exact) mass is 381 g/mol. The van der Waals surface area contributed by atoms with E-state index in [1.807, 2.05) is 43.3 Å². The SMILES string of the molecule is Cc1cc(COCCC(C)CC(C)(C)C)c(O)c(-n2nc3ccccc3n2)c1. The molecule has 0 saturated heterocycles. The molecular formula is C23H31N3O2. The molecule has 5 heteroatoms. The molecule has 0 amide bonds. The van der Waals surface area contributed by atoms with Crippen molar-refractivity contribution in [1.29, 1.82) is 0 Å². The minimum absolute atomic E-state index is 0.175. The Balaban J connectivity index is 1.69. The maximum absolute atomic E-state index is 10.8. The normalized spacial score (nSPS) is 13.2. The zero-order valence-corrected chi connectivity index (χ0v) is 17.6. The molecule has 3 aromatic rings. The predicted molar refractivity (Wildman–Crippen MR) is 113 cm³/mol. The summed E-state index contributed by atoms with van der Waals surface area (Å²) in [4.78, 5) is 1.50. The number of rotatable bonds is 7. The molecule has 0 fully saturated rings. The van der Waals surface area contributed by atoms with Crippen LogP contribution in [0.5, 0.6) is 5.75 Å². The van der Waals surface area contributed by atoms with Crippen LogP contribution in [0.15, 0.2) is 36.4 Å². The molecule has 1 aromatic heterocycles. The van der Waals surface area contributed by atoms with Crippen molar-refractivity contribution in [3.05, 3.63) is 47.5 Å². The second-order valence-corrected chi connectivity index (χ2v) is 8.98. The summed E-state index contributed by atoms with van der Waals surface area (Å²) in [5.41, 5.74) is 4.32. The van der Waals surface area contributed by atoms with Gasteiger partial charge in [0.05, 0.1) is 6.61 Å². The Kier molecular flexibility index (Phi) is 6.04. The van der Waals surface area contributed by atoms with E-state index >= 15 is 0 Å². The summed E-state index contributed by atoms with van der Waals surface area (Å²) in [5, 5.41) is 19.7. The van der Waals surface area contributed by atoms with Crippen molar-refractivity contribution >= 4 is 11.0 Å². The number of aromatic hydroxyl groups is 1. The zero-order chi connectivity index (χ0) is 20.3. The molecule has 0 aliphatic rings. The molecule has 0 bridgehead atoms. The molecule has 5 nitrogen and oxygen atoms in total. The van der Waals surface area contributed by atoms with E-state index in [9.17, 15) is 5.11 Å². The van der Waals surface area contributed by atoms with Crippen LogP contribution >= 0.6 is 0 Å². The molecule has 1 unspecified atom stereocenters. The highest BCUT2D eigenvalue weighted by atomic mass is 16.5. The van der Waals surface area contributed by atoms with Crippen molar-refractivity contribution in [3.8, 4) is 11.4 Å². The van der Waals surface area contributed by atoms with Crippen LogP contribution in [0.1, 0.15) is 51.7 Å². The highest BCUT2D eigenvalue weighted by Crippen LogP contribution is 2.29. The Morgan fingerprint density at radius 2 is 1.75 bits per heavy atom. The van der Waals surface area contributed by atoms with E-state index in [4.69, 9.17) is 4.74 Å². The van der Waals surface area contributed by atoms with Crippen molar-refractivity contribution in [2.45, 2.75) is 54.1 Å². The van der Waals surface area contributed by atoms with Gasteiger partial charge in [0.1, 0.15) is 22.5 Å². The molecule has 3 rings (SSSR count). The lowest BCUT2D eigenvalue weighted by Crippen LogP contribution is -2.12. The van der Waals surface area contributed by atoms with Crippen LogP contribution in [0.25, 0.3) is 16.7 Å². The van der Waals surface area contributed by atoms with Gasteiger partial charge >= 0.3 is 0 Å². The number of ether oxygens (including phenoxy) is 1. The number of fused-ring (bicyclic) bond motifs is 1. The number of phenolic OH excluding ortho intramolecular Hbond substituents is 1. The molecule has 0 aliphatic heterocycles. The van der Waals surface area contributed by atoms with Gasteiger partial charge in [0.15, 0.2) is 0 Å². The van der Waals surface area contributed by atoms with Crippen LogP contribution in [-0.2, 0) is 11.3 Å². The first-order valence-corrected chi connectivity index (χ1v) is 9.95. The summed E-state index contributed by atoms with van der Waals surface area (Å²) in [6.07, 6.45) is 2.19. The number of aromatic nitrogens is 3. The van der Waals surface area contributed by atoms with Gasteiger partial charge in [0.2, 0.25) is 0 Å². The third-order valence-electron chi connectivity index (χ3n) is 4.79. The van der Waals surface area contributed by atoms with Crippen LogP contribution in [0, 0.1) is 18.3 Å². The van der Waals surface area contributed by atoms with Crippen LogP contribution in [0.4, 0.5) is 0 Å². The fourth-order valence-corrected chi connectivity index (χ4v) is 3.68. The summed E-state index contributed by atoms with van der Waals surface area (Å²) in [7, 11) is 0. The van der Waals surface area contributed by atoms with Gasteiger partial charge in [-0.05, 0) is 60.9 Å². The lowest BCUT2D eigenvalue weighted by atomic mass is 9.84. The molecule has 28 heavy (non-hydrogen) atoms. The van der Waals surface area contributed by atoms with Crippen LogP contribution in [-0.4, -0.2) is 26.7 Å². The number of hydrogen-bond donors (Lipinski definition) is 1. The largest absolute Gasteiger partial charge is 0.505 e. The minimum atomic E-state index is 0.175. The second-order valence-electron chi connectivity index (χ2n) is 8.98. The van der Waals surface area contributed by atoms with Crippen LogP contribution in [0.2, 0.25) is 0 Å². The number of hydrogen-bond acceptors (Lipinski definition) is 4. The van der Waals surface area contributed by atoms with E-state index in [0.29, 0.717) is 30.2 Å². The van der Waals surface area contributed by atoms with E-state index in [2.05, 4.69) is 37.9 Å². The first-order valence-electron chi connectivity index (χ1n) is 9.95. The van der Waals surface area contributed by atoms with Gasteiger partial charge in [-0.1, -0.05) is 39.8 Å². The Morgan fingerprint density at radius 3 is 2.36 bits per heavy atom. The van der Waals surface area contributed by atoms with Gasteiger partial charge in [-0.25, -0.2) is 0 Å². The van der Waals surface area contributed by atoms with Gasteiger partial charge in [0.25, 0.3) is 0 Å². The zero-order valence-electron chi connectivity index (χ0n) is 17.6. The van der Waals surface area contributed by atoms with E-state index in [0.717, 1.165) is 28.6 Å². The fraction of sp³-hybridized carbons (Fsp3) is 0.478. The topological polar surface area (TPSA) is 60.2 Å². The molecule has 0 radical (unpaired) electrons. The van der Waals surface area contributed by atoms with E-state index in [-0.39, 0.29) is 5.75 Å². The Morgan fingerprint density at radius 1 is 1.11 bits per heavy atom. The molecule has 0 aliphatic carbocycles. The van der Waals surface area contributed by atoms with Crippen molar-refractivity contribution < 1.29 is 9.84 Å². The molecule has 150 valence electrons. The predicted octanol–water partition coefficient (Wildman–Crippen LogP) is 5.41. The van der Waals surface area contributed by atoms with E-state index in [1.54, 1.807) is 0 Å².